The molecule has 0 saturated heterocycles. The number of benzene rings is 2. The van der Waals surface area contributed by atoms with Gasteiger partial charge in [-0.3, -0.25) is 0 Å². The van der Waals surface area contributed by atoms with Crippen LogP contribution >= 0.6 is 0 Å². The predicted octanol–water partition coefficient (Wildman–Crippen LogP) is 2.54. The molecule has 0 aliphatic heterocycles. The number of methoxy groups -OCH3 is 5. The van der Waals surface area contributed by atoms with Gasteiger partial charge in [-0.1, -0.05) is 5.16 Å². The first-order valence-electron chi connectivity index (χ1n) is 7.59. The van der Waals surface area contributed by atoms with Crippen LogP contribution in [0.3, 0.4) is 0 Å². The van der Waals surface area contributed by atoms with Crippen molar-refractivity contribution in [3.63, 3.8) is 0 Å². The summed E-state index contributed by atoms with van der Waals surface area (Å²) in [5.74, 6) is 2.04. The Hall–Kier alpha value is -3.29. The number of nitrogens with zero attached hydrogens (tertiary/aromatic N) is 1. The minimum absolute atomic E-state index is 0.218. The summed E-state index contributed by atoms with van der Waals surface area (Å²) in [7, 11) is 7.49. The van der Waals surface area contributed by atoms with Crippen molar-refractivity contribution in [1.29, 1.82) is 0 Å². The molecule has 0 fully saturated rings. The van der Waals surface area contributed by atoms with Gasteiger partial charge in [-0.05, 0) is 24.3 Å². The molecule has 0 unspecified atom stereocenters. The highest BCUT2D eigenvalue weighted by Crippen LogP contribution is 2.41. The van der Waals surface area contributed by atoms with E-state index in [2.05, 4.69) is 5.16 Å². The van der Waals surface area contributed by atoms with E-state index in [9.17, 15) is 5.21 Å². The smallest absolute Gasteiger partial charge is 0.203 e. The average Bonchev–Trinajstić information content (AvgIpc) is 2.67. The summed E-state index contributed by atoms with van der Waals surface area (Å²) in [4.78, 5) is 0. The second-order valence-electron chi connectivity index (χ2n) is 5.12. The second kappa shape index (κ2) is 8.19. The number of anilines is 1. The lowest BCUT2D eigenvalue weighted by atomic mass is 9.99. The molecule has 0 bridgehead atoms. The molecule has 2 aromatic rings. The number of oxime groups is 1. The van der Waals surface area contributed by atoms with Crippen LogP contribution in [0.1, 0.15) is 11.1 Å². The van der Waals surface area contributed by atoms with E-state index in [1.165, 1.54) is 35.5 Å². The zero-order valence-corrected chi connectivity index (χ0v) is 15.3. The van der Waals surface area contributed by atoms with Gasteiger partial charge in [0, 0.05) is 11.1 Å². The minimum atomic E-state index is 0.218. The van der Waals surface area contributed by atoms with Crippen molar-refractivity contribution in [3.05, 3.63) is 35.4 Å². The van der Waals surface area contributed by atoms with Gasteiger partial charge in [-0.15, -0.1) is 0 Å². The van der Waals surface area contributed by atoms with Gasteiger partial charge < -0.3 is 34.6 Å². The SMILES string of the molecule is COc1ccc(/C(=N\O)c2cc(OC)c(OC)c(OC)c2)c(OC)c1N. The standard InChI is InChI=1S/C18H22N2O6/c1-22-12-7-6-11(17(25-4)15(12)19)16(20-21)10-8-13(23-2)18(26-5)14(9-10)24-3/h6-9,21H,19H2,1-5H3/b20-16-. The highest BCUT2D eigenvalue weighted by molar-refractivity contribution is 6.15. The Morgan fingerprint density at radius 1 is 0.808 bits per heavy atom. The van der Waals surface area contributed by atoms with Gasteiger partial charge in [0.15, 0.2) is 17.2 Å². The first kappa shape index (κ1) is 19.0. The molecule has 3 N–H and O–H groups in total. The lowest BCUT2D eigenvalue weighted by Gasteiger charge is -2.17. The maximum Gasteiger partial charge on any atom is 0.203 e. The Bertz CT molecular complexity index is 795. The lowest BCUT2D eigenvalue weighted by Crippen LogP contribution is -2.09. The molecule has 8 heteroatoms. The molecular weight excluding hydrogens is 340 g/mol. The Morgan fingerprint density at radius 2 is 1.35 bits per heavy atom. The Labute approximate surface area is 151 Å². The van der Waals surface area contributed by atoms with E-state index in [-0.39, 0.29) is 5.71 Å². The summed E-state index contributed by atoms with van der Waals surface area (Å²) in [5, 5.41) is 13.1. The highest BCUT2D eigenvalue weighted by atomic mass is 16.5. The van der Waals surface area contributed by atoms with Gasteiger partial charge in [0.05, 0.1) is 35.5 Å². The molecule has 0 aliphatic rings. The number of nitrogen functional groups attached to an aromatic ring is 1. The molecule has 0 amide bonds. The molecule has 0 aliphatic carbocycles. The summed E-state index contributed by atoms with van der Waals surface area (Å²) < 4.78 is 26.6. The predicted molar refractivity (Wildman–Crippen MR) is 97.5 cm³/mol. The van der Waals surface area contributed by atoms with Crippen LogP contribution in [0.2, 0.25) is 0 Å². The van der Waals surface area contributed by atoms with Crippen molar-refractivity contribution >= 4 is 11.4 Å². The molecule has 0 spiro atoms. The van der Waals surface area contributed by atoms with E-state index in [4.69, 9.17) is 29.4 Å². The molecular formula is C18H22N2O6. The van der Waals surface area contributed by atoms with Crippen LogP contribution < -0.4 is 29.4 Å². The summed E-state index contributed by atoms with van der Waals surface area (Å²) in [6.45, 7) is 0. The maximum absolute atomic E-state index is 9.67. The fourth-order valence-corrected chi connectivity index (χ4v) is 2.65. The van der Waals surface area contributed by atoms with E-state index in [0.717, 1.165) is 0 Å². The van der Waals surface area contributed by atoms with Crippen molar-refractivity contribution in [2.24, 2.45) is 5.16 Å². The zero-order valence-electron chi connectivity index (χ0n) is 15.3. The fourth-order valence-electron chi connectivity index (χ4n) is 2.65. The third-order valence-corrected chi connectivity index (χ3v) is 3.87. The third kappa shape index (κ3) is 3.26. The quantitative estimate of drug-likeness (QED) is 0.337. The number of hydrogen-bond acceptors (Lipinski definition) is 8. The van der Waals surface area contributed by atoms with Crippen molar-refractivity contribution in [2.75, 3.05) is 41.3 Å². The second-order valence-corrected chi connectivity index (χ2v) is 5.12. The molecule has 0 radical (unpaired) electrons. The van der Waals surface area contributed by atoms with Crippen molar-refractivity contribution in [3.8, 4) is 28.7 Å². The minimum Gasteiger partial charge on any atom is -0.494 e. The molecule has 26 heavy (non-hydrogen) atoms. The van der Waals surface area contributed by atoms with Crippen LogP contribution in [-0.2, 0) is 0 Å². The normalized spacial score (nSPS) is 11.0. The van der Waals surface area contributed by atoms with Crippen LogP contribution in [-0.4, -0.2) is 46.5 Å². The van der Waals surface area contributed by atoms with Crippen LogP contribution in [0.25, 0.3) is 0 Å². The van der Waals surface area contributed by atoms with E-state index >= 15 is 0 Å². The number of nitrogens with two attached hydrogens (primary N) is 1. The van der Waals surface area contributed by atoms with E-state index in [1.54, 1.807) is 24.3 Å². The summed E-state index contributed by atoms with van der Waals surface area (Å²) >= 11 is 0. The monoisotopic (exact) mass is 362 g/mol. The van der Waals surface area contributed by atoms with Gasteiger partial charge in [-0.2, -0.15) is 0 Å². The van der Waals surface area contributed by atoms with E-state index in [1.807, 2.05) is 0 Å². The van der Waals surface area contributed by atoms with Crippen molar-refractivity contribution in [1.82, 2.24) is 0 Å². The van der Waals surface area contributed by atoms with Crippen molar-refractivity contribution < 1.29 is 28.9 Å². The fraction of sp³-hybridized carbons (Fsp3) is 0.278. The van der Waals surface area contributed by atoms with Crippen LogP contribution in [0.5, 0.6) is 28.7 Å². The van der Waals surface area contributed by atoms with Gasteiger partial charge in [0.1, 0.15) is 17.1 Å². The lowest BCUT2D eigenvalue weighted by molar-refractivity contribution is 0.318. The van der Waals surface area contributed by atoms with Gasteiger partial charge in [-0.25, -0.2) is 0 Å². The first-order valence-corrected chi connectivity index (χ1v) is 7.59. The topological polar surface area (TPSA) is 105 Å². The van der Waals surface area contributed by atoms with Crippen molar-refractivity contribution in [2.45, 2.75) is 0 Å². The summed E-state index contributed by atoms with van der Waals surface area (Å²) in [6.07, 6.45) is 0. The molecule has 0 heterocycles. The molecule has 0 saturated carbocycles. The van der Waals surface area contributed by atoms with Crippen LogP contribution in [0, 0.1) is 0 Å². The number of rotatable bonds is 7. The van der Waals surface area contributed by atoms with E-state index in [0.29, 0.717) is 45.6 Å². The van der Waals surface area contributed by atoms with Crippen LogP contribution in [0.4, 0.5) is 5.69 Å². The largest absolute Gasteiger partial charge is 0.494 e. The number of hydrogen-bond donors (Lipinski definition) is 2. The zero-order chi connectivity index (χ0) is 19.3. The Morgan fingerprint density at radius 3 is 1.77 bits per heavy atom. The molecule has 2 rings (SSSR count). The summed E-state index contributed by atoms with van der Waals surface area (Å²) in [5.41, 5.74) is 7.58. The summed E-state index contributed by atoms with van der Waals surface area (Å²) in [6, 6.07) is 6.68. The first-order chi connectivity index (χ1) is 12.6. The van der Waals surface area contributed by atoms with Crippen LogP contribution in [0.15, 0.2) is 29.4 Å². The molecule has 140 valence electrons. The molecule has 0 aromatic heterocycles. The van der Waals surface area contributed by atoms with E-state index < -0.39 is 0 Å². The average molecular weight is 362 g/mol. The number of ether oxygens (including phenoxy) is 5. The van der Waals surface area contributed by atoms with Gasteiger partial charge in [0.25, 0.3) is 0 Å². The third-order valence-electron chi connectivity index (χ3n) is 3.87. The molecule has 0 atom stereocenters. The Kier molecular flexibility index (Phi) is 6.00. The maximum atomic E-state index is 9.67. The molecule has 8 nitrogen and oxygen atoms in total. The Balaban J connectivity index is 2.69. The molecule has 2 aromatic carbocycles. The van der Waals surface area contributed by atoms with Gasteiger partial charge >= 0.3 is 0 Å². The highest BCUT2D eigenvalue weighted by Gasteiger charge is 2.22. The van der Waals surface area contributed by atoms with Gasteiger partial charge in [0.2, 0.25) is 5.75 Å².